The van der Waals surface area contributed by atoms with E-state index in [-0.39, 0.29) is 6.10 Å². The first-order valence-electron chi connectivity index (χ1n) is 11.8. The molecule has 6 nitrogen and oxygen atoms in total. The SMILES string of the molecule is OC[C@H]1O[C@@H](c2cc(Cc3ccc(C4CC4)cc3)c(Cl)c(OC3CCC3)c2)[C@H](O)[C@@H](O)[C@@H]1O. The van der Waals surface area contributed by atoms with Crippen LogP contribution in [0.2, 0.25) is 5.02 Å². The molecule has 0 amide bonds. The first-order valence-corrected chi connectivity index (χ1v) is 12.2. The van der Waals surface area contributed by atoms with E-state index < -0.39 is 37.1 Å². The predicted molar refractivity (Wildman–Crippen MR) is 124 cm³/mol. The molecule has 5 rings (SSSR count). The number of aliphatic hydroxyl groups is 4. The Kier molecular flexibility index (Phi) is 6.67. The Morgan fingerprint density at radius 1 is 0.909 bits per heavy atom. The molecule has 1 heterocycles. The largest absolute Gasteiger partial charge is 0.489 e. The standard InChI is InChI=1S/C26H31ClO6/c27-22-17(10-14-4-6-15(7-5-14)16-8-9-16)11-18(12-20(22)32-19-2-1-3-19)26-25(31)24(30)23(29)21(13-28)33-26/h4-7,11-12,16,19,21,23-26,28-31H,1-3,8-10,13H2/t21-,23-,24+,25-,26+/m1/s1. The highest BCUT2D eigenvalue weighted by Crippen LogP contribution is 2.42. The molecule has 5 atom stereocenters. The fourth-order valence-corrected chi connectivity index (χ4v) is 4.87. The molecule has 3 fully saturated rings. The van der Waals surface area contributed by atoms with Gasteiger partial charge in [-0.25, -0.2) is 0 Å². The molecule has 0 bridgehead atoms. The van der Waals surface area contributed by atoms with Crippen molar-refractivity contribution >= 4 is 11.6 Å². The third-order valence-electron chi connectivity index (χ3n) is 7.13. The number of rotatable bonds is 7. The van der Waals surface area contributed by atoms with Crippen molar-refractivity contribution in [1.29, 1.82) is 0 Å². The molecule has 0 radical (unpaired) electrons. The Morgan fingerprint density at radius 2 is 1.64 bits per heavy atom. The van der Waals surface area contributed by atoms with Crippen molar-refractivity contribution in [2.75, 3.05) is 6.61 Å². The van der Waals surface area contributed by atoms with Gasteiger partial charge in [0.05, 0.1) is 17.7 Å². The molecule has 0 aromatic heterocycles. The van der Waals surface area contributed by atoms with Gasteiger partial charge in [0.15, 0.2) is 0 Å². The molecule has 2 aromatic carbocycles. The lowest BCUT2D eigenvalue weighted by molar-refractivity contribution is -0.231. The summed E-state index contributed by atoms with van der Waals surface area (Å²) in [7, 11) is 0. The Morgan fingerprint density at radius 3 is 2.24 bits per heavy atom. The summed E-state index contributed by atoms with van der Waals surface area (Å²) in [5.74, 6) is 1.22. The van der Waals surface area contributed by atoms with E-state index in [1.807, 2.05) is 6.07 Å². The number of ether oxygens (including phenoxy) is 2. The smallest absolute Gasteiger partial charge is 0.138 e. The highest BCUT2D eigenvalue weighted by atomic mass is 35.5. The fourth-order valence-electron chi connectivity index (χ4n) is 4.65. The van der Waals surface area contributed by atoms with E-state index in [1.165, 1.54) is 18.4 Å². The minimum atomic E-state index is -1.44. The number of halogens is 1. The average molecular weight is 475 g/mol. The first kappa shape index (κ1) is 23.1. The summed E-state index contributed by atoms with van der Waals surface area (Å²) in [5.41, 5.74) is 3.91. The Bertz CT molecular complexity index is 969. The zero-order valence-electron chi connectivity index (χ0n) is 18.4. The van der Waals surface area contributed by atoms with Crippen LogP contribution in [0.5, 0.6) is 5.75 Å². The number of aliphatic hydroxyl groups excluding tert-OH is 4. The van der Waals surface area contributed by atoms with E-state index in [0.29, 0.717) is 28.7 Å². The van der Waals surface area contributed by atoms with Crippen LogP contribution < -0.4 is 4.74 Å². The van der Waals surface area contributed by atoms with Crippen molar-refractivity contribution in [2.24, 2.45) is 0 Å². The second-order valence-corrected chi connectivity index (χ2v) is 9.98. The van der Waals surface area contributed by atoms with Crippen molar-refractivity contribution < 1.29 is 29.9 Å². The van der Waals surface area contributed by atoms with Crippen LogP contribution in [0.4, 0.5) is 0 Å². The molecular formula is C26H31ClO6. The summed E-state index contributed by atoms with van der Waals surface area (Å²) in [5, 5.41) is 41.2. The molecule has 7 heteroatoms. The third-order valence-corrected chi connectivity index (χ3v) is 7.56. The van der Waals surface area contributed by atoms with Crippen LogP contribution in [-0.2, 0) is 11.2 Å². The monoisotopic (exact) mass is 474 g/mol. The van der Waals surface area contributed by atoms with Crippen molar-refractivity contribution in [3.8, 4) is 5.75 Å². The molecule has 2 saturated carbocycles. The summed E-state index contributed by atoms with van der Waals surface area (Å²) >= 11 is 6.77. The second kappa shape index (κ2) is 9.53. The van der Waals surface area contributed by atoms with E-state index >= 15 is 0 Å². The maximum absolute atomic E-state index is 10.7. The lowest BCUT2D eigenvalue weighted by atomic mass is 9.89. The first-order chi connectivity index (χ1) is 15.9. The second-order valence-electron chi connectivity index (χ2n) is 9.61. The molecule has 0 unspecified atom stereocenters. The van der Waals surface area contributed by atoms with Crippen LogP contribution >= 0.6 is 11.6 Å². The number of hydrogen-bond donors (Lipinski definition) is 4. The highest BCUT2D eigenvalue weighted by Gasteiger charge is 2.44. The molecule has 4 N–H and O–H groups in total. The Hall–Kier alpha value is -1.67. The van der Waals surface area contributed by atoms with Crippen LogP contribution in [0, 0.1) is 0 Å². The molecule has 33 heavy (non-hydrogen) atoms. The summed E-state index contributed by atoms with van der Waals surface area (Å²) in [6.45, 7) is -0.472. The third kappa shape index (κ3) is 4.78. The lowest BCUT2D eigenvalue weighted by Crippen LogP contribution is -2.55. The van der Waals surface area contributed by atoms with Gasteiger partial charge in [-0.3, -0.25) is 0 Å². The summed E-state index contributed by atoms with van der Waals surface area (Å²) < 4.78 is 12.0. The van der Waals surface area contributed by atoms with Gasteiger partial charge in [0.2, 0.25) is 0 Å². The van der Waals surface area contributed by atoms with Gasteiger partial charge in [-0.2, -0.15) is 0 Å². The number of benzene rings is 2. The summed E-state index contributed by atoms with van der Waals surface area (Å²) in [6.07, 6.45) is 0.167. The zero-order valence-corrected chi connectivity index (χ0v) is 19.2. The molecule has 2 aromatic rings. The normalized spacial score (nSPS) is 30.2. The van der Waals surface area contributed by atoms with Gasteiger partial charge in [0, 0.05) is 0 Å². The van der Waals surface area contributed by atoms with Gasteiger partial charge in [-0.05, 0) is 72.8 Å². The van der Waals surface area contributed by atoms with Crippen molar-refractivity contribution in [3.05, 3.63) is 63.7 Å². The van der Waals surface area contributed by atoms with Crippen LogP contribution in [0.1, 0.15) is 66.4 Å². The molecule has 0 spiro atoms. The highest BCUT2D eigenvalue weighted by molar-refractivity contribution is 6.32. The summed E-state index contributed by atoms with van der Waals surface area (Å²) in [4.78, 5) is 0. The molecular weight excluding hydrogens is 444 g/mol. The fraction of sp³-hybridized carbons (Fsp3) is 0.538. The molecule has 2 aliphatic carbocycles. The van der Waals surface area contributed by atoms with Crippen LogP contribution in [0.25, 0.3) is 0 Å². The maximum Gasteiger partial charge on any atom is 0.138 e. The van der Waals surface area contributed by atoms with E-state index in [1.54, 1.807) is 6.07 Å². The Balaban J connectivity index is 1.47. The van der Waals surface area contributed by atoms with Gasteiger partial charge in [0.25, 0.3) is 0 Å². The van der Waals surface area contributed by atoms with Gasteiger partial charge in [-0.15, -0.1) is 0 Å². The van der Waals surface area contributed by atoms with Gasteiger partial charge in [-0.1, -0.05) is 41.9 Å². The summed E-state index contributed by atoms with van der Waals surface area (Å²) in [6, 6.07) is 12.2. The van der Waals surface area contributed by atoms with E-state index in [4.69, 9.17) is 21.1 Å². The quantitative estimate of drug-likeness (QED) is 0.491. The minimum Gasteiger partial charge on any atom is -0.489 e. The van der Waals surface area contributed by atoms with Gasteiger partial charge < -0.3 is 29.9 Å². The van der Waals surface area contributed by atoms with Crippen LogP contribution in [0.3, 0.4) is 0 Å². The van der Waals surface area contributed by atoms with Crippen LogP contribution in [-0.4, -0.2) is 57.6 Å². The average Bonchev–Trinajstić information content (AvgIpc) is 3.63. The molecule has 1 aliphatic heterocycles. The van der Waals surface area contributed by atoms with Gasteiger partial charge >= 0.3 is 0 Å². The Labute approximate surface area is 198 Å². The van der Waals surface area contributed by atoms with Crippen LogP contribution in [0.15, 0.2) is 36.4 Å². The molecule has 3 aliphatic rings. The van der Waals surface area contributed by atoms with Gasteiger partial charge in [0.1, 0.15) is 36.3 Å². The van der Waals surface area contributed by atoms with E-state index in [9.17, 15) is 20.4 Å². The number of hydrogen-bond acceptors (Lipinski definition) is 6. The minimum absolute atomic E-state index is 0.109. The predicted octanol–water partition coefficient (Wildman–Crippen LogP) is 3.25. The van der Waals surface area contributed by atoms with E-state index in [0.717, 1.165) is 30.4 Å². The lowest BCUT2D eigenvalue weighted by Gasteiger charge is -2.40. The molecule has 1 saturated heterocycles. The maximum atomic E-state index is 10.7. The van der Waals surface area contributed by atoms with Crippen molar-refractivity contribution in [1.82, 2.24) is 0 Å². The van der Waals surface area contributed by atoms with Crippen molar-refractivity contribution in [2.45, 2.75) is 81.1 Å². The molecule has 178 valence electrons. The van der Waals surface area contributed by atoms with E-state index in [2.05, 4.69) is 24.3 Å². The topological polar surface area (TPSA) is 99.4 Å². The van der Waals surface area contributed by atoms with Crippen molar-refractivity contribution in [3.63, 3.8) is 0 Å². The zero-order chi connectivity index (χ0) is 23.1.